The molecule has 0 amide bonds. The van der Waals surface area contributed by atoms with Crippen LogP contribution in [-0.2, 0) is 0 Å². The van der Waals surface area contributed by atoms with Crippen LogP contribution in [0.15, 0.2) is 0 Å². The van der Waals surface area contributed by atoms with E-state index in [9.17, 15) is 0 Å². The van der Waals surface area contributed by atoms with Gasteiger partial charge in [-0.25, -0.2) is 0 Å². The van der Waals surface area contributed by atoms with Gasteiger partial charge in [-0.2, -0.15) is 0 Å². The molecule has 11 heavy (non-hydrogen) atoms. The summed E-state index contributed by atoms with van der Waals surface area (Å²) in [6.45, 7) is 4.53. The summed E-state index contributed by atoms with van der Waals surface area (Å²) in [6, 6.07) is 0. The lowest BCUT2D eigenvalue weighted by Gasteiger charge is -1.96. The van der Waals surface area contributed by atoms with Gasteiger partial charge in [0.15, 0.2) is 0 Å². The zero-order chi connectivity index (χ0) is 6.95. The molecule has 2 heteroatoms. The summed E-state index contributed by atoms with van der Waals surface area (Å²) < 4.78 is 0. The predicted octanol–water partition coefficient (Wildman–Crippen LogP) is 2.11. The number of hydrogen-bond acceptors (Lipinski definition) is 0. The van der Waals surface area contributed by atoms with Crippen LogP contribution in [0, 0.1) is 0 Å². The first-order valence-electron chi connectivity index (χ1n) is 4.41. The average molecular weight is 164 g/mol. The standard InChI is InChI=1S/C9H20.2H2O/c1-3-5-7-9-8-6-4-2;;/h3-9H2,1-2H3;2*1H2. The molecule has 0 saturated heterocycles. The van der Waals surface area contributed by atoms with E-state index in [0.29, 0.717) is 0 Å². The van der Waals surface area contributed by atoms with Crippen LogP contribution in [0.2, 0.25) is 0 Å². The van der Waals surface area contributed by atoms with Gasteiger partial charge in [-0.15, -0.1) is 0 Å². The molecule has 0 fully saturated rings. The first-order valence-corrected chi connectivity index (χ1v) is 4.41. The first-order chi connectivity index (χ1) is 4.41. The van der Waals surface area contributed by atoms with Crippen molar-refractivity contribution < 1.29 is 11.0 Å². The summed E-state index contributed by atoms with van der Waals surface area (Å²) in [6.07, 6.45) is 9.97. The molecule has 0 aromatic heterocycles. The van der Waals surface area contributed by atoms with Gasteiger partial charge in [-0.05, 0) is 0 Å². The summed E-state index contributed by atoms with van der Waals surface area (Å²) in [4.78, 5) is 0. The van der Waals surface area contributed by atoms with E-state index in [1.54, 1.807) is 0 Å². The minimum absolute atomic E-state index is 0. The van der Waals surface area contributed by atoms with Gasteiger partial charge in [0.05, 0.1) is 0 Å². The molecule has 2 nitrogen and oxygen atoms in total. The summed E-state index contributed by atoms with van der Waals surface area (Å²) in [5.74, 6) is 0. The molecule has 0 bridgehead atoms. The second-order valence-corrected chi connectivity index (χ2v) is 2.77. The summed E-state index contributed by atoms with van der Waals surface area (Å²) in [5, 5.41) is 0. The zero-order valence-electron chi connectivity index (χ0n) is 7.95. The van der Waals surface area contributed by atoms with E-state index in [-0.39, 0.29) is 11.0 Å². The van der Waals surface area contributed by atoms with Crippen molar-refractivity contribution in [1.82, 2.24) is 0 Å². The number of unbranched alkanes of at least 4 members (excludes halogenated alkanes) is 6. The molecule has 0 aliphatic carbocycles. The molecule has 0 saturated carbocycles. The van der Waals surface area contributed by atoms with Gasteiger partial charge >= 0.3 is 0 Å². The van der Waals surface area contributed by atoms with Crippen LogP contribution in [0.3, 0.4) is 0 Å². The Balaban J connectivity index is -0.000000320. The van der Waals surface area contributed by atoms with Crippen molar-refractivity contribution in [2.24, 2.45) is 0 Å². The summed E-state index contributed by atoms with van der Waals surface area (Å²) >= 11 is 0. The Hall–Kier alpha value is -0.0800. The molecule has 0 atom stereocenters. The van der Waals surface area contributed by atoms with Crippen LogP contribution in [0.25, 0.3) is 0 Å². The zero-order valence-corrected chi connectivity index (χ0v) is 7.95. The van der Waals surface area contributed by atoms with Gasteiger partial charge in [0.1, 0.15) is 0 Å². The third-order valence-corrected chi connectivity index (χ3v) is 1.71. The van der Waals surface area contributed by atoms with Crippen LogP contribution in [-0.4, -0.2) is 11.0 Å². The van der Waals surface area contributed by atoms with E-state index in [1.807, 2.05) is 0 Å². The maximum absolute atomic E-state index is 2.26. The smallest absolute Gasteiger partial charge is 0.0533 e. The fourth-order valence-electron chi connectivity index (χ4n) is 1.03. The molecule has 0 rings (SSSR count). The lowest BCUT2D eigenvalue weighted by molar-refractivity contribution is 0.602. The van der Waals surface area contributed by atoms with E-state index in [4.69, 9.17) is 0 Å². The Labute approximate surface area is 70.6 Å². The van der Waals surface area contributed by atoms with Gasteiger partial charge in [0.2, 0.25) is 0 Å². The lowest BCUT2D eigenvalue weighted by Crippen LogP contribution is -1.76. The molecule has 0 heterocycles. The lowest BCUT2D eigenvalue weighted by atomic mass is 10.1. The highest BCUT2D eigenvalue weighted by Crippen LogP contribution is 2.05. The van der Waals surface area contributed by atoms with Crippen LogP contribution < -0.4 is 0 Å². The maximum atomic E-state index is 2.26. The number of rotatable bonds is 6. The van der Waals surface area contributed by atoms with Gasteiger partial charge in [0.25, 0.3) is 0 Å². The molecule has 0 unspecified atom stereocenters. The maximum Gasteiger partial charge on any atom is -0.0533 e. The Morgan fingerprint density at radius 3 is 1.09 bits per heavy atom. The minimum atomic E-state index is 0. The molecular weight excluding hydrogens is 140 g/mol. The molecule has 0 aliphatic heterocycles. The molecule has 0 spiro atoms. The van der Waals surface area contributed by atoms with Gasteiger partial charge in [-0.1, -0.05) is 58.8 Å². The van der Waals surface area contributed by atoms with Crippen LogP contribution >= 0.6 is 0 Å². The quantitative estimate of drug-likeness (QED) is 0.540. The molecular formula is C9H24O2. The van der Waals surface area contributed by atoms with Crippen LogP contribution in [0.4, 0.5) is 0 Å². The Kier molecular flexibility index (Phi) is 25.7. The Morgan fingerprint density at radius 2 is 0.818 bits per heavy atom. The van der Waals surface area contributed by atoms with Gasteiger partial charge in [0, 0.05) is 0 Å². The normalized spacial score (nSPS) is 8.18. The average Bonchev–Trinajstić information content (AvgIpc) is 1.89. The molecule has 0 aromatic rings. The molecule has 0 radical (unpaired) electrons. The molecule has 0 aliphatic rings. The van der Waals surface area contributed by atoms with E-state index in [2.05, 4.69) is 13.8 Å². The second-order valence-electron chi connectivity index (χ2n) is 2.77. The van der Waals surface area contributed by atoms with E-state index >= 15 is 0 Å². The Morgan fingerprint density at radius 1 is 0.545 bits per heavy atom. The number of hydrogen-bond donors (Lipinski definition) is 0. The minimum Gasteiger partial charge on any atom is -0.412 e. The van der Waals surface area contributed by atoms with Crippen molar-refractivity contribution in [2.75, 3.05) is 0 Å². The highest BCUT2D eigenvalue weighted by Gasteiger charge is 1.85. The Bertz CT molecular complexity index is 40.8. The monoisotopic (exact) mass is 164 g/mol. The molecule has 4 N–H and O–H groups in total. The molecule has 0 aromatic carbocycles. The van der Waals surface area contributed by atoms with Gasteiger partial charge < -0.3 is 11.0 Å². The first kappa shape index (κ1) is 17.1. The second kappa shape index (κ2) is 16.5. The molecule has 72 valence electrons. The van der Waals surface area contributed by atoms with Crippen molar-refractivity contribution in [1.29, 1.82) is 0 Å². The van der Waals surface area contributed by atoms with Crippen molar-refractivity contribution in [3.05, 3.63) is 0 Å². The fraction of sp³-hybridized carbons (Fsp3) is 1.00. The topological polar surface area (TPSA) is 63.0 Å². The third-order valence-electron chi connectivity index (χ3n) is 1.71. The van der Waals surface area contributed by atoms with E-state index < -0.39 is 0 Å². The fourth-order valence-corrected chi connectivity index (χ4v) is 1.03. The summed E-state index contributed by atoms with van der Waals surface area (Å²) in [5.41, 5.74) is 0. The van der Waals surface area contributed by atoms with E-state index in [0.717, 1.165) is 0 Å². The SMILES string of the molecule is CCCCCCCCC.O.O. The van der Waals surface area contributed by atoms with Crippen LogP contribution in [0.1, 0.15) is 58.8 Å². The van der Waals surface area contributed by atoms with Crippen molar-refractivity contribution >= 4 is 0 Å². The largest absolute Gasteiger partial charge is 0.412 e. The highest BCUT2D eigenvalue weighted by molar-refractivity contribution is 4.41. The highest BCUT2D eigenvalue weighted by atomic mass is 16.0. The van der Waals surface area contributed by atoms with Crippen molar-refractivity contribution in [3.63, 3.8) is 0 Å². The van der Waals surface area contributed by atoms with E-state index in [1.165, 1.54) is 44.9 Å². The third kappa shape index (κ3) is 17.8. The van der Waals surface area contributed by atoms with Crippen LogP contribution in [0.5, 0.6) is 0 Å². The van der Waals surface area contributed by atoms with Crippen molar-refractivity contribution in [2.45, 2.75) is 58.8 Å². The van der Waals surface area contributed by atoms with Crippen molar-refractivity contribution in [3.8, 4) is 0 Å². The summed E-state index contributed by atoms with van der Waals surface area (Å²) in [7, 11) is 0. The predicted molar refractivity (Wildman–Crippen MR) is 50.9 cm³/mol. The van der Waals surface area contributed by atoms with Gasteiger partial charge in [-0.3, -0.25) is 0 Å².